The number of carbonyl (C=O) groups is 4. The third kappa shape index (κ3) is 8.00. The largest absolute Gasteiger partial charge is 0.445 e. The smallest absolute Gasteiger partial charge is 0.407 e. The third-order valence-electron chi connectivity index (χ3n) is 7.76. The number of alkyl carbamates (subject to hydrolysis) is 1. The fourth-order valence-electron chi connectivity index (χ4n) is 5.49. The molecule has 0 unspecified atom stereocenters. The van der Waals surface area contributed by atoms with Gasteiger partial charge in [-0.3, -0.25) is 9.59 Å². The summed E-state index contributed by atoms with van der Waals surface area (Å²) < 4.78 is 5.22. The summed E-state index contributed by atoms with van der Waals surface area (Å²) in [4.78, 5) is 56.4. The van der Waals surface area contributed by atoms with Crippen molar-refractivity contribution in [1.29, 1.82) is 0 Å². The van der Waals surface area contributed by atoms with Crippen LogP contribution in [-0.4, -0.2) is 78.0 Å². The Morgan fingerprint density at radius 3 is 2.54 bits per heavy atom. The lowest BCUT2D eigenvalue weighted by molar-refractivity contribution is -0.161. The monoisotopic (exact) mass is 583 g/mol. The predicted molar refractivity (Wildman–Crippen MR) is 157 cm³/mol. The maximum Gasteiger partial charge on any atom is 0.407 e. The first-order chi connectivity index (χ1) is 19.9. The molecule has 10 nitrogen and oxygen atoms in total. The van der Waals surface area contributed by atoms with Crippen molar-refractivity contribution >= 4 is 35.3 Å². The van der Waals surface area contributed by atoms with Gasteiger partial charge in [0.25, 0.3) is 0 Å². The number of rotatable bonds is 12. The number of piperidine rings is 1. The van der Waals surface area contributed by atoms with Crippen molar-refractivity contribution < 1.29 is 23.9 Å². The van der Waals surface area contributed by atoms with Gasteiger partial charge in [-0.15, -0.1) is 11.3 Å². The number of ether oxygens (including phenoxy) is 1. The lowest BCUT2D eigenvalue weighted by Gasteiger charge is -2.51. The van der Waals surface area contributed by atoms with Gasteiger partial charge in [0.15, 0.2) is 0 Å². The molecule has 2 aliphatic rings. The van der Waals surface area contributed by atoms with Crippen molar-refractivity contribution in [3.63, 3.8) is 0 Å². The molecule has 3 N–H and O–H groups in total. The normalized spacial score (nSPS) is 18.2. The number of nitrogens with zero attached hydrogens (tertiary/aromatic N) is 2. The first-order valence-electron chi connectivity index (χ1n) is 14.5. The summed E-state index contributed by atoms with van der Waals surface area (Å²) in [5.74, 6) is -0.188. The minimum absolute atomic E-state index is 0.0597. The molecular formula is C30H41N5O5S. The van der Waals surface area contributed by atoms with Crippen LogP contribution in [0.5, 0.6) is 0 Å². The molecule has 1 aromatic heterocycles. The second kappa shape index (κ2) is 14.9. The lowest BCUT2D eigenvalue weighted by atomic mass is 9.81. The SMILES string of the molecule is CCCN1C(=O)[C@H](CCCCNC(=O)OCc2ccccc2)NC(=O)C12CCN(C(=O)NCCc1cccs1)CC2. The van der Waals surface area contributed by atoms with Crippen LogP contribution >= 0.6 is 11.3 Å². The van der Waals surface area contributed by atoms with Crippen LogP contribution in [0.3, 0.4) is 0 Å². The summed E-state index contributed by atoms with van der Waals surface area (Å²) in [5.41, 5.74) is 0.00360. The van der Waals surface area contributed by atoms with Crippen molar-refractivity contribution in [3.05, 3.63) is 58.3 Å². The number of unbranched alkanes of at least 4 members (excludes halogenated alkanes) is 1. The predicted octanol–water partition coefficient (Wildman–Crippen LogP) is 3.67. The standard InChI is InChI=1S/C30H41N5O5S/c1-2-18-35-26(36)25(12-6-7-16-32-29(39)40-22-23-9-4-3-5-10-23)33-27(37)30(35)14-19-34(20-15-30)28(38)31-17-13-24-11-8-21-41-24/h3-5,8-11,21,25H,2,6-7,12-20,22H2,1H3,(H,31,38)(H,32,39)(H,33,37)/t25-/m0/s1. The highest BCUT2D eigenvalue weighted by Crippen LogP contribution is 2.34. The van der Waals surface area contributed by atoms with Gasteiger partial charge >= 0.3 is 12.1 Å². The molecule has 0 aliphatic carbocycles. The van der Waals surface area contributed by atoms with E-state index in [4.69, 9.17) is 4.74 Å². The molecule has 222 valence electrons. The molecule has 11 heteroatoms. The summed E-state index contributed by atoms with van der Waals surface area (Å²) in [7, 11) is 0. The molecule has 2 saturated heterocycles. The maximum atomic E-state index is 13.5. The van der Waals surface area contributed by atoms with E-state index in [2.05, 4.69) is 22.0 Å². The van der Waals surface area contributed by atoms with E-state index in [-0.39, 0.29) is 24.5 Å². The van der Waals surface area contributed by atoms with E-state index in [1.54, 1.807) is 21.1 Å². The quantitative estimate of drug-likeness (QED) is 0.330. The number of nitrogens with one attached hydrogen (secondary N) is 3. The van der Waals surface area contributed by atoms with Crippen LogP contribution in [0.15, 0.2) is 47.8 Å². The molecule has 1 atom stereocenters. The molecule has 0 bridgehead atoms. The molecule has 2 aromatic rings. The van der Waals surface area contributed by atoms with E-state index in [9.17, 15) is 19.2 Å². The minimum atomic E-state index is -0.915. The summed E-state index contributed by atoms with van der Waals surface area (Å²) in [6, 6.07) is 12.8. The number of benzene rings is 1. The molecular weight excluding hydrogens is 542 g/mol. The Morgan fingerprint density at radius 2 is 1.83 bits per heavy atom. The molecule has 5 amide bonds. The van der Waals surface area contributed by atoms with Crippen LogP contribution in [0, 0.1) is 0 Å². The van der Waals surface area contributed by atoms with E-state index < -0.39 is 17.7 Å². The minimum Gasteiger partial charge on any atom is -0.445 e. The van der Waals surface area contributed by atoms with Gasteiger partial charge in [0, 0.05) is 37.6 Å². The summed E-state index contributed by atoms with van der Waals surface area (Å²) in [5, 5.41) is 10.7. The molecule has 1 spiro atoms. The van der Waals surface area contributed by atoms with Gasteiger partial charge in [0.05, 0.1) is 0 Å². The Labute approximate surface area is 245 Å². The highest BCUT2D eigenvalue weighted by atomic mass is 32.1. The van der Waals surface area contributed by atoms with Crippen molar-refractivity contribution in [2.75, 3.05) is 32.7 Å². The van der Waals surface area contributed by atoms with E-state index >= 15 is 0 Å². The van der Waals surface area contributed by atoms with E-state index in [0.717, 1.165) is 18.4 Å². The van der Waals surface area contributed by atoms with Crippen molar-refractivity contribution in [2.24, 2.45) is 0 Å². The van der Waals surface area contributed by atoms with Gasteiger partial charge < -0.3 is 30.5 Å². The van der Waals surface area contributed by atoms with E-state index in [0.29, 0.717) is 64.8 Å². The first kappa shape index (κ1) is 30.4. The lowest BCUT2D eigenvalue weighted by Crippen LogP contribution is -2.73. The average Bonchev–Trinajstić information content (AvgIpc) is 3.51. The summed E-state index contributed by atoms with van der Waals surface area (Å²) in [6.07, 6.45) is 3.73. The Kier molecular flexibility index (Phi) is 11.0. The fraction of sp³-hybridized carbons (Fsp3) is 0.533. The van der Waals surface area contributed by atoms with Gasteiger partial charge in [0.1, 0.15) is 18.2 Å². The highest BCUT2D eigenvalue weighted by molar-refractivity contribution is 7.09. The third-order valence-corrected chi connectivity index (χ3v) is 8.70. The Morgan fingerprint density at radius 1 is 1.05 bits per heavy atom. The zero-order chi connectivity index (χ0) is 29.1. The average molecular weight is 584 g/mol. The van der Waals surface area contributed by atoms with E-state index in [1.807, 2.05) is 48.7 Å². The van der Waals surface area contributed by atoms with Gasteiger partial charge in [-0.2, -0.15) is 0 Å². The van der Waals surface area contributed by atoms with Crippen LogP contribution in [0.1, 0.15) is 55.9 Å². The number of piperazine rings is 1. The maximum absolute atomic E-state index is 13.5. The molecule has 3 heterocycles. The molecule has 4 rings (SSSR count). The molecule has 1 aromatic carbocycles. The summed E-state index contributed by atoms with van der Waals surface area (Å²) in [6.45, 7) is 4.54. The van der Waals surface area contributed by atoms with Gasteiger partial charge in [-0.25, -0.2) is 9.59 Å². The van der Waals surface area contributed by atoms with Crippen molar-refractivity contribution in [1.82, 2.24) is 25.8 Å². The molecule has 0 radical (unpaired) electrons. The Bertz CT molecular complexity index is 1150. The second-order valence-electron chi connectivity index (χ2n) is 10.6. The van der Waals surface area contributed by atoms with Gasteiger partial charge in [-0.1, -0.05) is 43.3 Å². The number of likely N-dealkylation sites (tertiary alicyclic amines) is 1. The zero-order valence-corrected chi connectivity index (χ0v) is 24.5. The van der Waals surface area contributed by atoms with E-state index in [1.165, 1.54) is 4.88 Å². The Hall–Kier alpha value is -3.60. The Balaban J connectivity index is 1.20. The number of thiophene rings is 1. The highest BCUT2D eigenvalue weighted by Gasteiger charge is 2.53. The number of urea groups is 1. The second-order valence-corrected chi connectivity index (χ2v) is 11.6. The molecule has 41 heavy (non-hydrogen) atoms. The topological polar surface area (TPSA) is 120 Å². The molecule has 0 saturated carbocycles. The van der Waals surface area contributed by atoms with Crippen LogP contribution < -0.4 is 16.0 Å². The van der Waals surface area contributed by atoms with Crippen LogP contribution in [0.25, 0.3) is 0 Å². The molecule has 2 aliphatic heterocycles. The van der Waals surface area contributed by atoms with Crippen molar-refractivity contribution in [3.8, 4) is 0 Å². The number of carbonyl (C=O) groups excluding carboxylic acids is 4. The number of amides is 5. The molecule has 2 fully saturated rings. The van der Waals surface area contributed by atoms with Crippen LogP contribution in [0.2, 0.25) is 0 Å². The van der Waals surface area contributed by atoms with Crippen molar-refractivity contribution in [2.45, 2.75) is 70.1 Å². The van der Waals surface area contributed by atoms with Gasteiger partial charge in [-0.05, 0) is 62.0 Å². The summed E-state index contributed by atoms with van der Waals surface area (Å²) >= 11 is 1.67. The zero-order valence-electron chi connectivity index (χ0n) is 23.7. The fourth-order valence-corrected chi connectivity index (χ4v) is 6.20. The number of hydrogen-bond acceptors (Lipinski definition) is 6. The van der Waals surface area contributed by atoms with Crippen LogP contribution in [-0.2, 0) is 27.4 Å². The van der Waals surface area contributed by atoms with Gasteiger partial charge in [0.2, 0.25) is 11.8 Å². The van der Waals surface area contributed by atoms with Crippen LogP contribution in [0.4, 0.5) is 9.59 Å². The first-order valence-corrected chi connectivity index (χ1v) is 15.4. The number of hydrogen-bond donors (Lipinski definition) is 3.